The molecule has 2 amide bonds. The Morgan fingerprint density at radius 2 is 1.33 bits per heavy atom. The van der Waals surface area contributed by atoms with Gasteiger partial charge in [0.1, 0.15) is 0 Å². The first-order valence-corrected chi connectivity index (χ1v) is 12.6. The van der Waals surface area contributed by atoms with Gasteiger partial charge in [0.25, 0.3) is 0 Å². The van der Waals surface area contributed by atoms with Crippen molar-refractivity contribution in [1.82, 2.24) is 14.7 Å². The predicted octanol–water partition coefficient (Wildman–Crippen LogP) is 4.11. The van der Waals surface area contributed by atoms with E-state index in [4.69, 9.17) is 0 Å². The van der Waals surface area contributed by atoms with Crippen molar-refractivity contribution in [3.05, 3.63) is 101 Å². The number of anilines is 1. The Bertz CT molecular complexity index is 1100. The molecule has 6 nitrogen and oxygen atoms in total. The van der Waals surface area contributed by atoms with Gasteiger partial charge in [-0.05, 0) is 36.1 Å². The molecule has 1 fully saturated rings. The SMILES string of the molecule is Cc1cccc(C)c1NC(=O)CN(C)C(=O)CN1CCN(C(c2ccccc2)c2ccccc2)CC1. The summed E-state index contributed by atoms with van der Waals surface area (Å²) in [5.41, 5.74) is 5.41. The molecule has 3 aromatic rings. The van der Waals surface area contributed by atoms with Gasteiger partial charge in [-0.1, -0.05) is 78.9 Å². The largest absolute Gasteiger partial charge is 0.335 e. The third-order valence-electron chi connectivity index (χ3n) is 6.91. The second-order valence-corrected chi connectivity index (χ2v) is 9.60. The first-order chi connectivity index (χ1) is 17.4. The molecule has 6 heteroatoms. The van der Waals surface area contributed by atoms with E-state index in [0.29, 0.717) is 6.54 Å². The fourth-order valence-electron chi connectivity index (χ4n) is 4.87. The number of amides is 2. The van der Waals surface area contributed by atoms with Crippen LogP contribution in [0.25, 0.3) is 0 Å². The van der Waals surface area contributed by atoms with E-state index >= 15 is 0 Å². The number of rotatable bonds is 8. The van der Waals surface area contributed by atoms with Crippen molar-refractivity contribution in [1.29, 1.82) is 0 Å². The summed E-state index contributed by atoms with van der Waals surface area (Å²) >= 11 is 0. The van der Waals surface area contributed by atoms with Crippen LogP contribution in [0.15, 0.2) is 78.9 Å². The summed E-state index contributed by atoms with van der Waals surface area (Å²) in [6, 6.07) is 27.3. The molecule has 0 unspecified atom stereocenters. The maximum Gasteiger partial charge on any atom is 0.243 e. The molecule has 1 aliphatic heterocycles. The molecule has 3 aromatic carbocycles. The summed E-state index contributed by atoms with van der Waals surface area (Å²) in [6.45, 7) is 7.67. The second-order valence-electron chi connectivity index (χ2n) is 9.60. The van der Waals surface area contributed by atoms with Crippen LogP contribution in [0.3, 0.4) is 0 Å². The highest BCUT2D eigenvalue weighted by molar-refractivity contribution is 5.95. The van der Waals surface area contributed by atoms with Crippen molar-refractivity contribution in [2.24, 2.45) is 0 Å². The average molecular weight is 485 g/mol. The highest BCUT2D eigenvalue weighted by Crippen LogP contribution is 2.29. The number of likely N-dealkylation sites (N-methyl/N-ethyl adjacent to an activating group) is 1. The summed E-state index contributed by atoms with van der Waals surface area (Å²) in [5.74, 6) is -0.218. The van der Waals surface area contributed by atoms with Crippen LogP contribution in [0, 0.1) is 13.8 Å². The molecule has 36 heavy (non-hydrogen) atoms. The highest BCUT2D eigenvalue weighted by Gasteiger charge is 2.27. The number of aryl methyl sites for hydroxylation is 2. The molecular formula is C30H36N4O2. The van der Waals surface area contributed by atoms with Crippen molar-refractivity contribution < 1.29 is 9.59 Å². The maximum absolute atomic E-state index is 12.9. The van der Waals surface area contributed by atoms with Crippen molar-refractivity contribution in [3.8, 4) is 0 Å². The summed E-state index contributed by atoms with van der Waals surface area (Å²) in [6.07, 6.45) is 0. The summed E-state index contributed by atoms with van der Waals surface area (Å²) in [4.78, 5) is 31.7. The Kier molecular flexibility index (Phi) is 8.52. The number of carbonyl (C=O) groups excluding carboxylic acids is 2. The molecule has 1 heterocycles. The van der Waals surface area contributed by atoms with Crippen LogP contribution in [0.5, 0.6) is 0 Å². The zero-order valence-electron chi connectivity index (χ0n) is 21.5. The summed E-state index contributed by atoms with van der Waals surface area (Å²) in [5, 5.41) is 2.96. The molecule has 0 aliphatic carbocycles. The molecule has 1 N–H and O–H groups in total. The quantitative estimate of drug-likeness (QED) is 0.523. The third kappa shape index (κ3) is 6.39. The molecule has 1 saturated heterocycles. The lowest BCUT2D eigenvalue weighted by molar-refractivity contribution is -0.134. The third-order valence-corrected chi connectivity index (χ3v) is 6.91. The van der Waals surface area contributed by atoms with Crippen LogP contribution in [-0.2, 0) is 9.59 Å². The first-order valence-electron chi connectivity index (χ1n) is 12.6. The zero-order valence-corrected chi connectivity index (χ0v) is 21.5. The Labute approximate surface area is 214 Å². The highest BCUT2D eigenvalue weighted by atomic mass is 16.2. The van der Waals surface area contributed by atoms with Gasteiger partial charge in [-0.25, -0.2) is 0 Å². The fourth-order valence-corrected chi connectivity index (χ4v) is 4.87. The van der Waals surface area contributed by atoms with Crippen LogP contribution >= 0.6 is 0 Å². The normalized spacial score (nSPS) is 14.6. The topological polar surface area (TPSA) is 55.9 Å². The van der Waals surface area contributed by atoms with Crippen LogP contribution in [0.1, 0.15) is 28.3 Å². The summed E-state index contributed by atoms with van der Waals surface area (Å²) < 4.78 is 0. The van der Waals surface area contributed by atoms with Crippen molar-refractivity contribution in [3.63, 3.8) is 0 Å². The smallest absolute Gasteiger partial charge is 0.243 e. The number of benzene rings is 3. The molecule has 0 atom stereocenters. The molecule has 4 rings (SSSR count). The standard InChI is InChI=1S/C30H36N4O2/c1-23-11-10-12-24(2)29(23)31-27(35)21-32(3)28(36)22-33-17-19-34(20-18-33)30(25-13-6-4-7-14-25)26-15-8-5-9-16-26/h4-16,30H,17-22H2,1-3H3,(H,31,35). The Balaban J connectivity index is 1.31. The molecule has 0 radical (unpaired) electrons. The van der Waals surface area contributed by atoms with Crippen LogP contribution < -0.4 is 5.32 Å². The number of nitrogens with zero attached hydrogens (tertiary/aromatic N) is 3. The number of para-hydroxylation sites is 1. The van der Waals surface area contributed by atoms with Gasteiger partial charge in [-0.15, -0.1) is 0 Å². The molecule has 0 saturated carbocycles. The van der Waals surface area contributed by atoms with Gasteiger partial charge in [-0.3, -0.25) is 19.4 Å². The molecule has 0 spiro atoms. The Morgan fingerprint density at radius 1 is 0.806 bits per heavy atom. The van der Waals surface area contributed by atoms with Gasteiger partial charge < -0.3 is 10.2 Å². The van der Waals surface area contributed by atoms with E-state index in [9.17, 15) is 9.59 Å². The number of carbonyl (C=O) groups is 2. The zero-order chi connectivity index (χ0) is 25.5. The van der Waals surface area contributed by atoms with Crippen molar-refractivity contribution in [2.45, 2.75) is 19.9 Å². The lowest BCUT2D eigenvalue weighted by Crippen LogP contribution is -2.51. The maximum atomic E-state index is 12.9. The fraction of sp³-hybridized carbons (Fsp3) is 0.333. The molecule has 0 aromatic heterocycles. The monoisotopic (exact) mass is 484 g/mol. The Morgan fingerprint density at radius 3 is 1.86 bits per heavy atom. The van der Waals surface area contributed by atoms with Gasteiger partial charge >= 0.3 is 0 Å². The number of nitrogens with one attached hydrogen (secondary N) is 1. The molecule has 1 aliphatic rings. The minimum Gasteiger partial charge on any atom is -0.335 e. The van der Waals surface area contributed by atoms with E-state index in [1.54, 1.807) is 7.05 Å². The average Bonchev–Trinajstić information content (AvgIpc) is 2.89. The van der Waals surface area contributed by atoms with E-state index < -0.39 is 0 Å². The van der Waals surface area contributed by atoms with Gasteiger partial charge in [-0.2, -0.15) is 0 Å². The number of hydrogen-bond acceptors (Lipinski definition) is 4. The Hall–Kier alpha value is -3.48. The van der Waals surface area contributed by atoms with Gasteiger partial charge in [0.15, 0.2) is 0 Å². The van der Waals surface area contributed by atoms with Gasteiger partial charge in [0.2, 0.25) is 11.8 Å². The van der Waals surface area contributed by atoms with E-state index in [1.165, 1.54) is 16.0 Å². The van der Waals surface area contributed by atoms with Crippen LogP contribution in [0.4, 0.5) is 5.69 Å². The molecule has 0 bridgehead atoms. The van der Waals surface area contributed by atoms with Crippen LogP contribution in [-0.4, -0.2) is 72.8 Å². The molecule has 188 valence electrons. The minimum atomic E-state index is -0.179. The predicted molar refractivity (Wildman–Crippen MR) is 145 cm³/mol. The lowest BCUT2D eigenvalue weighted by atomic mass is 9.96. The lowest BCUT2D eigenvalue weighted by Gasteiger charge is -2.39. The van der Waals surface area contributed by atoms with Crippen molar-refractivity contribution >= 4 is 17.5 Å². The number of piperazine rings is 1. The number of hydrogen-bond donors (Lipinski definition) is 1. The molecular weight excluding hydrogens is 448 g/mol. The van der Waals surface area contributed by atoms with Gasteiger partial charge in [0.05, 0.1) is 19.1 Å². The summed E-state index contributed by atoms with van der Waals surface area (Å²) in [7, 11) is 1.70. The van der Waals surface area contributed by atoms with E-state index in [2.05, 4.69) is 63.6 Å². The van der Waals surface area contributed by atoms with E-state index in [-0.39, 0.29) is 24.4 Å². The van der Waals surface area contributed by atoms with E-state index in [0.717, 1.165) is 43.0 Å². The van der Waals surface area contributed by atoms with Gasteiger partial charge in [0, 0.05) is 38.9 Å². The van der Waals surface area contributed by atoms with Crippen molar-refractivity contribution in [2.75, 3.05) is 51.6 Å². The minimum absolute atomic E-state index is 0.0384. The first kappa shape index (κ1) is 25.6. The second kappa shape index (κ2) is 12.0. The van der Waals surface area contributed by atoms with E-state index in [1.807, 2.05) is 44.2 Å². The van der Waals surface area contributed by atoms with Crippen LogP contribution in [0.2, 0.25) is 0 Å².